The van der Waals surface area contributed by atoms with Crippen LogP contribution in [-0.4, -0.2) is 21.7 Å². The minimum absolute atomic E-state index is 0.242. The van der Waals surface area contributed by atoms with Gasteiger partial charge in [-0.15, -0.1) is 0 Å². The average molecular weight is 389 g/mol. The number of carbonyl (C=O) groups is 1. The van der Waals surface area contributed by atoms with Crippen molar-refractivity contribution in [2.75, 3.05) is 5.06 Å². The first kappa shape index (κ1) is 19.0. The highest BCUT2D eigenvalue weighted by atomic mass is 16.7. The lowest BCUT2D eigenvalue weighted by molar-refractivity contribution is 0.0191. The summed E-state index contributed by atoms with van der Waals surface area (Å²) in [6.45, 7) is 5.72. The zero-order chi connectivity index (χ0) is 20.4. The molecule has 0 spiro atoms. The molecular formula is C23H23N3O3. The summed E-state index contributed by atoms with van der Waals surface area (Å²) in [5.41, 5.74) is 2.56. The van der Waals surface area contributed by atoms with Crippen LogP contribution >= 0.6 is 0 Å². The summed E-state index contributed by atoms with van der Waals surface area (Å²) in [6.07, 6.45) is 1.18. The molecule has 0 aliphatic heterocycles. The predicted molar refractivity (Wildman–Crippen MR) is 114 cm³/mol. The molecule has 2 aromatic carbocycles. The van der Waals surface area contributed by atoms with Crippen molar-refractivity contribution in [3.05, 3.63) is 72.4 Å². The zero-order valence-electron chi connectivity index (χ0n) is 16.7. The number of fused-ring (bicyclic) bond motifs is 3. The standard InChI is InChI=1S/C23H23N3O3/c1-23(2,3)29-22(27)26(28-15-16-8-5-4-6-9-16)17-11-12-18-19-10-7-13-24-21(19)25-20(18)14-17/h4-14H,15H2,1-3H3,(H,24,25). The number of nitrogens with zero attached hydrogens (tertiary/aromatic N) is 2. The molecule has 4 rings (SSSR count). The molecule has 6 heteroatoms. The maximum atomic E-state index is 12.8. The second-order valence-electron chi connectivity index (χ2n) is 7.79. The Kier molecular flexibility index (Phi) is 4.94. The van der Waals surface area contributed by atoms with Gasteiger partial charge in [-0.2, -0.15) is 5.06 Å². The minimum atomic E-state index is -0.638. The van der Waals surface area contributed by atoms with Crippen LogP contribution in [0.2, 0.25) is 0 Å². The second kappa shape index (κ2) is 7.56. The van der Waals surface area contributed by atoms with Crippen LogP contribution in [0, 0.1) is 0 Å². The van der Waals surface area contributed by atoms with Gasteiger partial charge in [-0.05, 0) is 56.7 Å². The molecule has 2 aromatic heterocycles. The zero-order valence-corrected chi connectivity index (χ0v) is 16.7. The van der Waals surface area contributed by atoms with Crippen LogP contribution in [0.15, 0.2) is 66.9 Å². The first-order chi connectivity index (χ1) is 13.9. The summed E-state index contributed by atoms with van der Waals surface area (Å²) in [5, 5.41) is 3.27. The van der Waals surface area contributed by atoms with Crippen molar-refractivity contribution in [1.82, 2.24) is 9.97 Å². The van der Waals surface area contributed by atoms with Crippen molar-refractivity contribution in [1.29, 1.82) is 0 Å². The smallest absolute Gasteiger partial charge is 0.439 e. The quantitative estimate of drug-likeness (QED) is 0.462. The lowest BCUT2D eigenvalue weighted by Gasteiger charge is -2.26. The Hall–Kier alpha value is -3.38. The highest BCUT2D eigenvalue weighted by Crippen LogP contribution is 2.29. The molecule has 4 aromatic rings. The number of rotatable bonds is 4. The van der Waals surface area contributed by atoms with Crippen molar-refractivity contribution in [2.24, 2.45) is 0 Å². The van der Waals surface area contributed by atoms with Crippen LogP contribution in [0.5, 0.6) is 0 Å². The Morgan fingerprint density at radius 1 is 1.03 bits per heavy atom. The number of H-pyrrole nitrogens is 1. The lowest BCUT2D eigenvalue weighted by Crippen LogP contribution is -2.36. The number of ether oxygens (including phenoxy) is 1. The monoisotopic (exact) mass is 389 g/mol. The Bertz CT molecular complexity index is 1150. The fourth-order valence-corrected chi connectivity index (χ4v) is 3.10. The van der Waals surface area contributed by atoms with Gasteiger partial charge in [0.25, 0.3) is 0 Å². The van der Waals surface area contributed by atoms with Gasteiger partial charge in [-0.25, -0.2) is 9.78 Å². The van der Waals surface area contributed by atoms with E-state index in [2.05, 4.69) is 9.97 Å². The van der Waals surface area contributed by atoms with E-state index in [1.165, 1.54) is 5.06 Å². The van der Waals surface area contributed by atoms with Gasteiger partial charge in [0.1, 0.15) is 17.9 Å². The minimum Gasteiger partial charge on any atom is -0.442 e. The Morgan fingerprint density at radius 2 is 1.83 bits per heavy atom. The van der Waals surface area contributed by atoms with Gasteiger partial charge in [-0.3, -0.25) is 4.84 Å². The largest absolute Gasteiger partial charge is 0.442 e. The summed E-state index contributed by atoms with van der Waals surface area (Å²) in [5.74, 6) is 0. The molecule has 0 bridgehead atoms. The van der Waals surface area contributed by atoms with E-state index in [0.717, 1.165) is 27.5 Å². The maximum Gasteiger partial charge on any atom is 0.439 e. The van der Waals surface area contributed by atoms with Crippen molar-refractivity contribution < 1.29 is 14.4 Å². The van der Waals surface area contributed by atoms with Gasteiger partial charge < -0.3 is 9.72 Å². The first-order valence-electron chi connectivity index (χ1n) is 9.47. The number of hydrogen-bond acceptors (Lipinski definition) is 4. The van der Waals surface area contributed by atoms with E-state index >= 15 is 0 Å². The third-order valence-corrected chi connectivity index (χ3v) is 4.35. The molecule has 1 amide bonds. The summed E-state index contributed by atoms with van der Waals surface area (Å²) in [4.78, 5) is 26.4. The number of amides is 1. The van der Waals surface area contributed by atoms with Crippen molar-refractivity contribution in [3.8, 4) is 0 Å². The van der Waals surface area contributed by atoms with Gasteiger partial charge in [0, 0.05) is 22.5 Å². The Labute approximate surface area is 169 Å². The molecule has 0 radical (unpaired) electrons. The molecule has 0 aliphatic carbocycles. The summed E-state index contributed by atoms with van der Waals surface area (Å²) in [6, 6.07) is 19.3. The van der Waals surface area contributed by atoms with Gasteiger partial charge in [0.05, 0.1) is 5.69 Å². The number of carbonyl (C=O) groups excluding carboxylic acids is 1. The molecule has 148 valence electrons. The topological polar surface area (TPSA) is 67.4 Å². The Morgan fingerprint density at radius 3 is 2.59 bits per heavy atom. The predicted octanol–water partition coefficient (Wildman–Crippen LogP) is 5.59. The number of pyridine rings is 1. The average Bonchev–Trinajstić information content (AvgIpc) is 3.05. The third kappa shape index (κ3) is 4.22. The summed E-state index contributed by atoms with van der Waals surface area (Å²) < 4.78 is 5.55. The van der Waals surface area contributed by atoms with E-state index in [4.69, 9.17) is 9.57 Å². The molecular weight excluding hydrogens is 366 g/mol. The van der Waals surface area contributed by atoms with Crippen LogP contribution in [0.25, 0.3) is 21.9 Å². The number of hydrogen-bond donors (Lipinski definition) is 1. The van der Waals surface area contributed by atoms with Gasteiger partial charge in [-0.1, -0.05) is 30.3 Å². The summed E-state index contributed by atoms with van der Waals surface area (Å²) >= 11 is 0. The van der Waals surface area contributed by atoms with Gasteiger partial charge in [0.2, 0.25) is 0 Å². The van der Waals surface area contributed by atoms with Crippen LogP contribution in [0.1, 0.15) is 26.3 Å². The molecule has 0 saturated carbocycles. The van der Waals surface area contributed by atoms with E-state index in [-0.39, 0.29) is 6.61 Å². The second-order valence-corrected chi connectivity index (χ2v) is 7.79. The van der Waals surface area contributed by atoms with Crippen molar-refractivity contribution in [2.45, 2.75) is 33.0 Å². The highest BCUT2D eigenvalue weighted by molar-refractivity contribution is 6.07. The molecule has 2 heterocycles. The molecule has 0 fully saturated rings. The first-order valence-corrected chi connectivity index (χ1v) is 9.47. The molecule has 0 saturated heterocycles. The maximum absolute atomic E-state index is 12.8. The van der Waals surface area contributed by atoms with Crippen LogP contribution in [0.3, 0.4) is 0 Å². The number of aromatic nitrogens is 2. The van der Waals surface area contributed by atoms with Crippen LogP contribution < -0.4 is 5.06 Å². The van der Waals surface area contributed by atoms with Crippen LogP contribution in [0.4, 0.5) is 10.5 Å². The fourth-order valence-electron chi connectivity index (χ4n) is 3.10. The van der Waals surface area contributed by atoms with Gasteiger partial charge >= 0.3 is 6.09 Å². The SMILES string of the molecule is CC(C)(C)OC(=O)N(OCc1ccccc1)c1ccc2c(c1)[nH]c1ncccc12. The number of aromatic amines is 1. The summed E-state index contributed by atoms with van der Waals surface area (Å²) in [7, 11) is 0. The fraction of sp³-hybridized carbons (Fsp3) is 0.217. The molecule has 0 atom stereocenters. The van der Waals surface area contributed by atoms with E-state index < -0.39 is 11.7 Å². The number of anilines is 1. The normalized spacial score (nSPS) is 11.7. The van der Waals surface area contributed by atoms with Gasteiger partial charge in [0.15, 0.2) is 0 Å². The molecule has 6 nitrogen and oxygen atoms in total. The van der Waals surface area contributed by atoms with Crippen molar-refractivity contribution in [3.63, 3.8) is 0 Å². The number of hydroxylamine groups is 1. The highest BCUT2D eigenvalue weighted by Gasteiger charge is 2.25. The number of nitrogens with one attached hydrogen (secondary N) is 1. The Balaban J connectivity index is 1.68. The molecule has 29 heavy (non-hydrogen) atoms. The molecule has 0 aliphatic rings. The lowest BCUT2D eigenvalue weighted by atomic mass is 10.2. The van der Waals surface area contributed by atoms with E-state index in [0.29, 0.717) is 5.69 Å². The molecule has 0 unspecified atom stereocenters. The van der Waals surface area contributed by atoms with E-state index in [1.807, 2.05) is 81.4 Å². The third-order valence-electron chi connectivity index (χ3n) is 4.35. The molecule has 1 N–H and O–H groups in total. The van der Waals surface area contributed by atoms with Crippen molar-refractivity contribution >= 4 is 33.7 Å². The van der Waals surface area contributed by atoms with E-state index in [9.17, 15) is 4.79 Å². The van der Waals surface area contributed by atoms with Crippen LogP contribution in [-0.2, 0) is 16.2 Å². The number of benzene rings is 2. The van der Waals surface area contributed by atoms with E-state index in [1.54, 1.807) is 6.20 Å².